The van der Waals surface area contributed by atoms with Crippen molar-refractivity contribution in [2.24, 2.45) is 5.92 Å². The Hall–Kier alpha value is -0.810. The highest BCUT2D eigenvalue weighted by atomic mass is 16.6. The van der Waals surface area contributed by atoms with Gasteiger partial charge in [-0.3, -0.25) is 0 Å². The van der Waals surface area contributed by atoms with Crippen molar-refractivity contribution in [3.8, 4) is 0 Å². The molecule has 2 fully saturated rings. The van der Waals surface area contributed by atoms with Gasteiger partial charge in [0.1, 0.15) is 5.60 Å². The lowest BCUT2D eigenvalue weighted by Gasteiger charge is -2.37. The van der Waals surface area contributed by atoms with Gasteiger partial charge < -0.3 is 19.6 Å². The summed E-state index contributed by atoms with van der Waals surface area (Å²) in [6, 6.07) is 0. The number of nitrogens with zero attached hydrogens (tertiary/aromatic N) is 2. The van der Waals surface area contributed by atoms with Crippen molar-refractivity contribution < 1.29 is 14.6 Å². The van der Waals surface area contributed by atoms with Crippen molar-refractivity contribution in [2.45, 2.75) is 70.5 Å². The molecule has 5 heteroatoms. The molecule has 5 nitrogen and oxygen atoms in total. The molecular formula is C18H34N2O3. The van der Waals surface area contributed by atoms with E-state index in [1.165, 1.54) is 0 Å². The second kappa shape index (κ2) is 7.39. The maximum Gasteiger partial charge on any atom is 0.410 e. The van der Waals surface area contributed by atoms with Crippen LogP contribution in [-0.4, -0.2) is 65.4 Å². The summed E-state index contributed by atoms with van der Waals surface area (Å²) >= 11 is 0. The number of piperidine rings is 1. The van der Waals surface area contributed by atoms with E-state index in [0.29, 0.717) is 5.92 Å². The number of ether oxygens (including phenoxy) is 1. The fourth-order valence-electron chi connectivity index (χ4n) is 3.91. The monoisotopic (exact) mass is 326 g/mol. The van der Waals surface area contributed by atoms with E-state index in [4.69, 9.17) is 4.74 Å². The Balaban J connectivity index is 1.80. The molecule has 2 aliphatic rings. The highest BCUT2D eigenvalue weighted by molar-refractivity contribution is 5.68. The summed E-state index contributed by atoms with van der Waals surface area (Å²) in [6.45, 7) is 8.95. The second-order valence-corrected chi connectivity index (χ2v) is 8.56. The zero-order valence-corrected chi connectivity index (χ0v) is 15.3. The zero-order valence-electron chi connectivity index (χ0n) is 15.3. The van der Waals surface area contributed by atoms with E-state index in [9.17, 15) is 9.90 Å². The smallest absolute Gasteiger partial charge is 0.410 e. The summed E-state index contributed by atoms with van der Waals surface area (Å²) in [5.41, 5.74) is -0.930. The molecular weight excluding hydrogens is 292 g/mol. The van der Waals surface area contributed by atoms with Crippen molar-refractivity contribution in [3.63, 3.8) is 0 Å². The molecule has 1 N–H and O–H groups in total. The van der Waals surface area contributed by atoms with Crippen LogP contribution in [0, 0.1) is 5.92 Å². The van der Waals surface area contributed by atoms with Gasteiger partial charge in [0.05, 0.1) is 5.60 Å². The molecule has 1 heterocycles. The molecule has 0 bridgehead atoms. The SMILES string of the molecule is CN(CC1CCCN(C(=O)OC(C)(C)C)C1)CC1(O)CCCC1. The van der Waals surface area contributed by atoms with Crippen LogP contribution in [0.1, 0.15) is 59.3 Å². The fourth-order valence-corrected chi connectivity index (χ4v) is 3.91. The van der Waals surface area contributed by atoms with E-state index in [1.807, 2.05) is 25.7 Å². The lowest BCUT2D eigenvalue weighted by atomic mass is 9.96. The highest BCUT2D eigenvalue weighted by Gasteiger charge is 2.33. The van der Waals surface area contributed by atoms with E-state index in [2.05, 4.69) is 11.9 Å². The predicted molar refractivity (Wildman–Crippen MR) is 91.4 cm³/mol. The minimum absolute atomic E-state index is 0.195. The third-order valence-electron chi connectivity index (χ3n) is 4.84. The highest BCUT2D eigenvalue weighted by Crippen LogP contribution is 2.30. The molecule has 0 aromatic carbocycles. The molecule has 1 unspecified atom stereocenters. The molecule has 1 saturated heterocycles. The average Bonchev–Trinajstić information content (AvgIpc) is 2.83. The van der Waals surface area contributed by atoms with Crippen LogP contribution in [0.2, 0.25) is 0 Å². The summed E-state index contributed by atoms with van der Waals surface area (Å²) in [6.07, 6.45) is 6.10. The van der Waals surface area contributed by atoms with Crippen LogP contribution in [0.3, 0.4) is 0 Å². The molecule has 134 valence electrons. The number of hydrogen-bond donors (Lipinski definition) is 1. The number of hydrogen-bond acceptors (Lipinski definition) is 4. The quantitative estimate of drug-likeness (QED) is 0.863. The van der Waals surface area contributed by atoms with Gasteiger partial charge in [-0.2, -0.15) is 0 Å². The lowest BCUT2D eigenvalue weighted by Crippen LogP contribution is -2.47. The molecule has 2 rings (SSSR count). The summed E-state index contributed by atoms with van der Waals surface area (Å²) < 4.78 is 5.49. The van der Waals surface area contributed by atoms with Crippen LogP contribution < -0.4 is 0 Å². The molecule has 1 amide bonds. The number of likely N-dealkylation sites (N-methyl/N-ethyl adjacent to an activating group) is 1. The molecule has 1 aliphatic heterocycles. The lowest BCUT2D eigenvalue weighted by molar-refractivity contribution is 0.00142. The molecule has 0 radical (unpaired) electrons. The van der Waals surface area contributed by atoms with Crippen molar-refractivity contribution in [1.29, 1.82) is 0 Å². The van der Waals surface area contributed by atoms with E-state index < -0.39 is 11.2 Å². The second-order valence-electron chi connectivity index (χ2n) is 8.56. The number of carbonyl (C=O) groups is 1. The van der Waals surface area contributed by atoms with Gasteiger partial charge >= 0.3 is 6.09 Å². The first kappa shape index (κ1) is 18.5. The molecule has 0 spiro atoms. The average molecular weight is 326 g/mol. The molecule has 23 heavy (non-hydrogen) atoms. The number of likely N-dealkylation sites (tertiary alicyclic amines) is 1. The Morgan fingerprint density at radius 3 is 2.57 bits per heavy atom. The van der Waals surface area contributed by atoms with Crippen LogP contribution >= 0.6 is 0 Å². The van der Waals surface area contributed by atoms with Crippen LogP contribution in [0.25, 0.3) is 0 Å². The van der Waals surface area contributed by atoms with Crippen molar-refractivity contribution in [2.75, 3.05) is 33.2 Å². The minimum Gasteiger partial charge on any atom is -0.444 e. The first-order valence-corrected chi connectivity index (χ1v) is 9.06. The third-order valence-corrected chi connectivity index (χ3v) is 4.84. The van der Waals surface area contributed by atoms with E-state index in [0.717, 1.165) is 64.7 Å². The summed E-state index contributed by atoms with van der Waals surface area (Å²) in [5.74, 6) is 0.464. The van der Waals surface area contributed by atoms with Gasteiger partial charge in [-0.15, -0.1) is 0 Å². The minimum atomic E-state index is -0.492. The molecule has 0 aromatic heterocycles. The normalized spacial score (nSPS) is 25.0. The fraction of sp³-hybridized carbons (Fsp3) is 0.944. The van der Waals surface area contributed by atoms with Crippen LogP contribution in [0.4, 0.5) is 4.79 Å². The largest absolute Gasteiger partial charge is 0.444 e. The van der Waals surface area contributed by atoms with Crippen molar-refractivity contribution in [3.05, 3.63) is 0 Å². The van der Waals surface area contributed by atoms with Crippen LogP contribution in [0.5, 0.6) is 0 Å². The van der Waals surface area contributed by atoms with Gasteiger partial charge in [-0.1, -0.05) is 12.8 Å². The summed E-state index contributed by atoms with van der Waals surface area (Å²) in [4.78, 5) is 16.3. The summed E-state index contributed by atoms with van der Waals surface area (Å²) in [7, 11) is 2.09. The first-order valence-electron chi connectivity index (χ1n) is 9.06. The zero-order chi connectivity index (χ0) is 17.1. The Morgan fingerprint density at radius 1 is 1.30 bits per heavy atom. The number of carbonyl (C=O) groups excluding carboxylic acids is 1. The van der Waals surface area contributed by atoms with E-state index in [-0.39, 0.29) is 6.09 Å². The molecule has 1 atom stereocenters. The van der Waals surface area contributed by atoms with Gasteiger partial charge in [0.2, 0.25) is 0 Å². The maximum absolute atomic E-state index is 12.2. The van der Waals surface area contributed by atoms with Gasteiger partial charge in [-0.25, -0.2) is 4.79 Å². The topological polar surface area (TPSA) is 53.0 Å². The van der Waals surface area contributed by atoms with Crippen molar-refractivity contribution >= 4 is 6.09 Å². The number of aliphatic hydroxyl groups is 1. The van der Waals surface area contributed by atoms with Gasteiger partial charge in [0, 0.05) is 26.2 Å². The van der Waals surface area contributed by atoms with Gasteiger partial charge in [0.15, 0.2) is 0 Å². The molecule has 1 saturated carbocycles. The van der Waals surface area contributed by atoms with Crippen LogP contribution in [0.15, 0.2) is 0 Å². The summed E-state index contributed by atoms with van der Waals surface area (Å²) in [5, 5.41) is 10.5. The Bertz CT molecular complexity index is 400. The number of rotatable bonds is 4. The van der Waals surface area contributed by atoms with Gasteiger partial charge in [0.25, 0.3) is 0 Å². The van der Waals surface area contributed by atoms with E-state index >= 15 is 0 Å². The number of amides is 1. The van der Waals surface area contributed by atoms with Crippen molar-refractivity contribution in [1.82, 2.24) is 9.80 Å². The maximum atomic E-state index is 12.2. The Labute approximate surface area is 141 Å². The standard InChI is InChI=1S/C18H34N2O3/c1-17(2,3)23-16(21)20-11-7-8-15(13-20)12-19(4)14-18(22)9-5-6-10-18/h15,22H,5-14H2,1-4H3. The predicted octanol–water partition coefficient (Wildman–Crippen LogP) is 2.87. The van der Waals surface area contributed by atoms with Gasteiger partial charge in [-0.05, 0) is 59.4 Å². The Morgan fingerprint density at radius 2 is 1.96 bits per heavy atom. The molecule has 1 aliphatic carbocycles. The van der Waals surface area contributed by atoms with E-state index in [1.54, 1.807) is 0 Å². The third kappa shape index (κ3) is 5.96. The molecule has 0 aromatic rings. The van der Waals surface area contributed by atoms with Crippen LogP contribution in [-0.2, 0) is 4.74 Å². The first-order chi connectivity index (χ1) is 10.7. The Kier molecular flexibility index (Phi) is 5.95.